The Bertz CT molecular complexity index is 942. The van der Waals surface area contributed by atoms with Crippen LogP contribution in [0.15, 0.2) is 78.9 Å². The molecule has 0 aliphatic heterocycles. The normalized spacial score (nSPS) is 10.1. The van der Waals surface area contributed by atoms with Crippen molar-refractivity contribution in [3.05, 3.63) is 90.0 Å². The quantitative estimate of drug-likeness (QED) is 0.462. The van der Waals surface area contributed by atoms with Gasteiger partial charge in [0.1, 0.15) is 5.75 Å². The molecule has 136 valence electrons. The average Bonchev–Trinajstić information content (AvgIpc) is 2.70. The minimum Gasteiger partial charge on any atom is -0.492 e. The van der Waals surface area contributed by atoms with Gasteiger partial charge in [0.05, 0.1) is 18.0 Å². The summed E-state index contributed by atoms with van der Waals surface area (Å²) in [5.74, 6) is 0.661. The van der Waals surface area contributed by atoms with Crippen LogP contribution >= 0.6 is 12.2 Å². The van der Waals surface area contributed by atoms with E-state index >= 15 is 0 Å². The number of ketones is 1. The van der Waals surface area contributed by atoms with Gasteiger partial charge in [-0.1, -0.05) is 54.6 Å². The second-order valence-electron chi connectivity index (χ2n) is 5.75. The summed E-state index contributed by atoms with van der Waals surface area (Å²) >= 11 is 5.44. The van der Waals surface area contributed by atoms with Gasteiger partial charge in [-0.05, 0) is 43.4 Å². The maximum Gasteiger partial charge on any atom is 0.195 e. The molecule has 4 nitrogen and oxygen atoms in total. The lowest BCUT2D eigenvalue weighted by Gasteiger charge is -2.16. The third-order valence-electron chi connectivity index (χ3n) is 3.89. The Morgan fingerprint density at radius 2 is 1.44 bits per heavy atom. The van der Waals surface area contributed by atoms with Gasteiger partial charge in [0.15, 0.2) is 10.9 Å². The van der Waals surface area contributed by atoms with E-state index in [4.69, 9.17) is 17.0 Å². The first-order valence-electron chi connectivity index (χ1n) is 8.67. The predicted molar refractivity (Wildman–Crippen MR) is 114 cm³/mol. The first-order valence-corrected chi connectivity index (χ1v) is 9.08. The van der Waals surface area contributed by atoms with Crippen LogP contribution in [0.3, 0.4) is 0 Å². The van der Waals surface area contributed by atoms with Crippen molar-refractivity contribution in [2.24, 2.45) is 0 Å². The summed E-state index contributed by atoms with van der Waals surface area (Å²) in [6, 6.07) is 24.1. The van der Waals surface area contributed by atoms with E-state index in [9.17, 15) is 4.79 Å². The zero-order valence-electron chi connectivity index (χ0n) is 14.9. The molecule has 0 amide bonds. The van der Waals surface area contributed by atoms with Crippen molar-refractivity contribution in [3.63, 3.8) is 0 Å². The number of benzene rings is 3. The first kappa shape index (κ1) is 18.6. The maximum absolute atomic E-state index is 12.8. The minimum absolute atomic E-state index is 0.0591. The highest BCUT2D eigenvalue weighted by Crippen LogP contribution is 2.25. The lowest BCUT2D eigenvalue weighted by Crippen LogP contribution is -2.21. The number of carbonyl (C=O) groups excluding carboxylic acids is 1. The van der Waals surface area contributed by atoms with Gasteiger partial charge in [-0.15, -0.1) is 0 Å². The molecule has 0 heterocycles. The molecule has 0 aliphatic rings. The van der Waals surface area contributed by atoms with Crippen LogP contribution in [0.4, 0.5) is 11.4 Å². The number of anilines is 2. The Kier molecular flexibility index (Phi) is 6.18. The van der Waals surface area contributed by atoms with Crippen LogP contribution in [-0.4, -0.2) is 17.5 Å². The molecule has 0 bridgehead atoms. The van der Waals surface area contributed by atoms with Crippen LogP contribution in [0, 0.1) is 0 Å². The van der Waals surface area contributed by atoms with Gasteiger partial charge >= 0.3 is 0 Å². The Morgan fingerprint density at radius 1 is 0.852 bits per heavy atom. The number of nitrogens with one attached hydrogen (secondary N) is 2. The summed E-state index contributed by atoms with van der Waals surface area (Å²) in [4.78, 5) is 12.8. The summed E-state index contributed by atoms with van der Waals surface area (Å²) in [6.07, 6.45) is 0. The molecule has 0 saturated carbocycles. The standard InChI is InChI=1S/C22H20N2O2S/c1-2-26-20-15-9-8-14-19(20)24-22(27)23-18-13-7-6-12-17(18)21(25)16-10-4-3-5-11-16/h3-15H,2H2,1H3,(H2,23,24,27). The van der Waals surface area contributed by atoms with Crippen molar-refractivity contribution in [1.82, 2.24) is 0 Å². The lowest BCUT2D eigenvalue weighted by atomic mass is 10.0. The van der Waals surface area contributed by atoms with E-state index in [2.05, 4.69) is 10.6 Å². The molecule has 27 heavy (non-hydrogen) atoms. The van der Waals surface area contributed by atoms with Gasteiger partial charge in [0, 0.05) is 11.1 Å². The predicted octanol–water partition coefficient (Wildman–Crippen LogP) is 5.13. The lowest BCUT2D eigenvalue weighted by molar-refractivity contribution is 0.103. The van der Waals surface area contributed by atoms with Crippen molar-refractivity contribution in [1.29, 1.82) is 0 Å². The van der Waals surface area contributed by atoms with Crippen molar-refractivity contribution in [3.8, 4) is 5.75 Å². The van der Waals surface area contributed by atoms with Gasteiger partial charge in [-0.25, -0.2) is 0 Å². The first-order chi connectivity index (χ1) is 13.2. The van der Waals surface area contributed by atoms with E-state index < -0.39 is 0 Å². The zero-order valence-corrected chi connectivity index (χ0v) is 15.8. The van der Waals surface area contributed by atoms with Gasteiger partial charge in [-0.3, -0.25) is 4.79 Å². The van der Waals surface area contributed by atoms with Gasteiger partial charge in [0.2, 0.25) is 0 Å². The molecule has 0 atom stereocenters. The SMILES string of the molecule is CCOc1ccccc1NC(=S)Nc1ccccc1C(=O)c1ccccc1. The molecule has 5 heteroatoms. The summed E-state index contributed by atoms with van der Waals surface area (Å²) in [7, 11) is 0. The van der Waals surface area contributed by atoms with Crippen LogP contribution in [0.1, 0.15) is 22.8 Å². The van der Waals surface area contributed by atoms with Crippen LogP contribution < -0.4 is 15.4 Å². The highest BCUT2D eigenvalue weighted by Gasteiger charge is 2.14. The Morgan fingerprint density at radius 3 is 2.19 bits per heavy atom. The number of hydrogen-bond donors (Lipinski definition) is 2. The van der Waals surface area contributed by atoms with Crippen molar-refractivity contribution < 1.29 is 9.53 Å². The molecule has 3 aromatic rings. The molecule has 3 rings (SSSR count). The Hall–Kier alpha value is -3.18. The molecule has 0 saturated heterocycles. The number of thiocarbonyl (C=S) groups is 1. The van der Waals surface area contributed by atoms with E-state index in [0.717, 1.165) is 11.4 Å². The molecule has 0 fully saturated rings. The second kappa shape index (κ2) is 8.96. The third kappa shape index (κ3) is 4.71. The zero-order chi connectivity index (χ0) is 19.1. The smallest absolute Gasteiger partial charge is 0.195 e. The van der Waals surface area contributed by atoms with Gasteiger partial charge < -0.3 is 15.4 Å². The molecule has 0 aromatic heterocycles. The third-order valence-corrected chi connectivity index (χ3v) is 4.10. The number of para-hydroxylation sites is 3. The number of hydrogen-bond acceptors (Lipinski definition) is 3. The number of carbonyl (C=O) groups is 1. The number of ether oxygens (including phenoxy) is 1. The van der Waals surface area contributed by atoms with Crippen LogP contribution in [0.5, 0.6) is 5.75 Å². The number of rotatable bonds is 6. The van der Waals surface area contributed by atoms with Gasteiger partial charge in [-0.2, -0.15) is 0 Å². The Balaban J connectivity index is 1.79. The minimum atomic E-state index is -0.0591. The molecule has 2 N–H and O–H groups in total. The van der Waals surface area contributed by atoms with E-state index in [1.807, 2.05) is 67.6 Å². The molecule has 0 unspecified atom stereocenters. The fraction of sp³-hybridized carbons (Fsp3) is 0.0909. The monoisotopic (exact) mass is 376 g/mol. The van der Waals surface area contributed by atoms with Crippen molar-refractivity contribution in [2.45, 2.75) is 6.92 Å². The maximum atomic E-state index is 12.8. The molecule has 0 radical (unpaired) electrons. The molecular formula is C22H20N2O2S. The van der Waals surface area contributed by atoms with Crippen LogP contribution in [0.25, 0.3) is 0 Å². The van der Waals surface area contributed by atoms with Gasteiger partial charge in [0.25, 0.3) is 0 Å². The highest BCUT2D eigenvalue weighted by molar-refractivity contribution is 7.80. The van der Waals surface area contributed by atoms with E-state index in [1.54, 1.807) is 18.2 Å². The Labute approximate surface area is 164 Å². The highest BCUT2D eigenvalue weighted by atomic mass is 32.1. The average molecular weight is 376 g/mol. The van der Waals surface area contributed by atoms with E-state index in [1.165, 1.54) is 0 Å². The molecular weight excluding hydrogens is 356 g/mol. The van der Waals surface area contributed by atoms with E-state index in [-0.39, 0.29) is 5.78 Å². The topological polar surface area (TPSA) is 50.4 Å². The summed E-state index contributed by atoms with van der Waals surface area (Å²) in [5.41, 5.74) is 2.61. The molecule has 0 spiro atoms. The fourth-order valence-electron chi connectivity index (χ4n) is 2.66. The second-order valence-corrected chi connectivity index (χ2v) is 6.16. The fourth-order valence-corrected chi connectivity index (χ4v) is 2.88. The van der Waals surface area contributed by atoms with Crippen LogP contribution in [-0.2, 0) is 0 Å². The largest absolute Gasteiger partial charge is 0.492 e. The summed E-state index contributed by atoms with van der Waals surface area (Å²) < 4.78 is 5.60. The summed E-state index contributed by atoms with van der Waals surface area (Å²) in [6.45, 7) is 2.49. The van der Waals surface area contributed by atoms with E-state index in [0.29, 0.717) is 28.5 Å². The molecule has 0 aliphatic carbocycles. The van der Waals surface area contributed by atoms with Crippen molar-refractivity contribution >= 4 is 34.5 Å². The molecule has 3 aromatic carbocycles. The van der Waals surface area contributed by atoms with Crippen molar-refractivity contribution in [2.75, 3.05) is 17.2 Å². The van der Waals surface area contributed by atoms with Crippen LogP contribution in [0.2, 0.25) is 0 Å². The summed E-state index contributed by atoms with van der Waals surface area (Å²) in [5, 5.41) is 6.64.